The van der Waals surface area contributed by atoms with Gasteiger partial charge >= 0.3 is 0 Å². The molecule has 0 unspecified atom stereocenters. The van der Waals surface area contributed by atoms with Gasteiger partial charge in [0.15, 0.2) is 0 Å². The number of anilines is 1. The minimum atomic E-state index is 0.132. The average Bonchev–Trinajstić information content (AvgIpc) is 2.70. The molecule has 1 aromatic carbocycles. The van der Waals surface area contributed by atoms with Crippen molar-refractivity contribution in [3.05, 3.63) is 24.3 Å². The van der Waals surface area contributed by atoms with Crippen molar-refractivity contribution < 1.29 is 5.11 Å². The number of benzene rings is 1. The third kappa shape index (κ3) is 2.26. The summed E-state index contributed by atoms with van der Waals surface area (Å²) in [5, 5.41) is 9.17. The average molecular weight is 233 g/mol. The van der Waals surface area contributed by atoms with E-state index in [9.17, 15) is 0 Å². The number of rotatable bonds is 5. The molecule has 2 aromatic rings. The third-order valence-corrected chi connectivity index (χ3v) is 2.86. The van der Waals surface area contributed by atoms with Gasteiger partial charge in [0.2, 0.25) is 5.95 Å². The van der Waals surface area contributed by atoms with E-state index in [-0.39, 0.29) is 6.61 Å². The van der Waals surface area contributed by atoms with Crippen molar-refractivity contribution in [3.8, 4) is 0 Å². The first-order valence-electron chi connectivity index (χ1n) is 6.05. The Kier molecular flexibility index (Phi) is 3.64. The zero-order valence-electron chi connectivity index (χ0n) is 10.4. The lowest BCUT2D eigenvalue weighted by Gasteiger charge is -2.18. The van der Waals surface area contributed by atoms with Crippen molar-refractivity contribution in [2.75, 3.05) is 25.1 Å². The molecule has 17 heavy (non-hydrogen) atoms. The zero-order chi connectivity index (χ0) is 12.3. The number of hydrogen-bond acceptors (Lipinski definition) is 3. The van der Waals surface area contributed by atoms with E-state index >= 15 is 0 Å². The maximum atomic E-state index is 9.17. The van der Waals surface area contributed by atoms with Gasteiger partial charge in [-0.15, -0.1) is 0 Å². The van der Waals surface area contributed by atoms with Crippen LogP contribution in [0.3, 0.4) is 0 Å². The van der Waals surface area contributed by atoms with E-state index in [0.717, 1.165) is 29.9 Å². The van der Waals surface area contributed by atoms with E-state index < -0.39 is 0 Å². The second-order valence-corrected chi connectivity index (χ2v) is 4.20. The quantitative estimate of drug-likeness (QED) is 0.857. The van der Waals surface area contributed by atoms with Crippen LogP contribution < -0.4 is 4.90 Å². The fourth-order valence-electron chi connectivity index (χ4n) is 2.11. The van der Waals surface area contributed by atoms with Crippen LogP contribution in [0.1, 0.15) is 13.3 Å². The van der Waals surface area contributed by atoms with Crippen LogP contribution in [0.25, 0.3) is 11.0 Å². The summed E-state index contributed by atoms with van der Waals surface area (Å²) in [6, 6.07) is 8.04. The summed E-state index contributed by atoms with van der Waals surface area (Å²) in [4.78, 5) is 6.76. The summed E-state index contributed by atoms with van der Waals surface area (Å²) in [7, 11) is 2.04. The lowest BCUT2D eigenvalue weighted by Crippen LogP contribution is -2.22. The topological polar surface area (TPSA) is 41.3 Å². The molecule has 0 saturated carbocycles. The molecule has 0 amide bonds. The molecule has 1 heterocycles. The van der Waals surface area contributed by atoms with Gasteiger partial charge in [-0.1, -0.05) is 19.1 Å². The van der Waals surface area contributed by atoms with E-state index in [1.807, 2.05) is 31.3 Å². The fourth-order valence-corrected chi connectivity index (χ4v) is 2.11. The number of nitrogens with zero attached hydrogens (tertiary/aromatic N) is 3. The molecule has 0 saturated heterocycles. The summed E-state index contributed by atoms with van der Waals surface area (Å²) in [5.41, 5.74) is 2.07. The van der Waals surface area contributed by atoms with Crippen molar-refractivity contribution in [3.63, 3.8) is 0 Å². The first kappa shape index (κ1) is 11.9. The van der Waals surface area contributed by atoms with Crippen LogP contribution in [0, 0.1) is 0 Å². The summed E-state index contributed by atoms with van der Waals surface area (Å²) in [6.45, 7) is 3.83. The van der Waals surface area contributed by atoms with Gasteiger partial charge < -0.3 is 14.6 Å². The van der Waals surface area contributed by atoms with Crippen LogP contribution in [-0.2, 0) is 6.54 Å². The highest BCUT2D eigenvalue weighted by atomic mass is 16.3. The molecule has 0 spiro atoms. The van der Waals surface area contributed by atoms with E-state index in [1.54, 1.807) is 0 Å². The first-order valence-corrected chi connectivity index (χ1v) is 6.05. The van der Waals surface area contributed by atoms with Gasteiger partial charge in [-0.3, -0.25) is 0 Å². The molecule has 0 aliphatic heterocycles. The molecule has 1 N–H and O–H groups in total. The Labute approximate surface area is 101 Å². The number of para-hydroxylation sites is 2. The maximum Gasteiger partial charge on any atom is 0.206 e. The van der Waals surface area contributed by atoms with Crippen LogP contribution in [0.4, 0.5) is 5.95 Å². The second kappa shape index (κ2) is 5.19. The van der Waals surface area contributed by atoms with Crippen molar-refractivity contribution in [1.29, 1.82) is 0 Å². The molecular formula is C13H19N3O. The summed E-state index contributed by atoms with van der Waals surface area (Å²) in [6.07, 6.45) is 1.08. The Morgan fingerprint density at radius 3 is 2.82 bits per heavy atom. The molecule has 92 valence electrons. The van der Waals surface area contributed by atoms with Crippen LogP contribution in [0.5, 0.6) is 0 Å². The first-order chi connectivity index (χ1) is 8.27. The Balaban J connectivity index is 2.49. The SMILES string of the molecule is CCCN(C)c1nc2ccccc2n1CCO. The standard InChI is InChI=1S/C13H19N3O/c1-3-8-15(2)13-14-11-6-4-5-7-12(11)16(13)9-10-17/h4-7,17H,3,8-10H2,1-2H3. The monoisotopic (exact) mass is 233 g/mol. The molecule has 0 radical (unpaired) electrons. The second-order valence-electron chi connectivity index (χ2n) is 4.20. The molecule has 4 nitrogen and oxygen atoms in total. The van der Waals surface area contributed by atoms with Crippen molar-refractivity contribution in [2.24, 2.45) is 0 Å². The summed E-state index contributed by atoms with van der Waals surface area (Å²) >= 11 is 0. The van der Waals surface area contributed by atoms with Crippen LogP contribution >= 0.6 is 0 Å². The summed E-state index contributed by atoms with van der Waals surface area (Å²) < 4.78 is 2.07. The minimum absolute atomic E-state index is 0.132. The number of aliphatic hydroxyl groups excluding tert-OH is 1. The lowest BCUT2D eigenvalue weighted by atomic mass is 10.3. The molecule has 4 heteroatoms. The lowest BCUT2D eigenvalue weighted by molar-refractivity contribution is 0.278. The van der Waals surface area contributed by atoms with Crippen LogP contribution in [0.2, 0.25) is 0 Å². The number of hydrogen-bond donors (Lipinski definition) is 1. The van der Waals surface area contributed by atoms with E-state index in [1.165, 1.54) is 0 Å². The largest absolute Gasteiger partial charge is 0.395 e. The zero-order valence-corrected chi connectivity index (χ0v) is 10.4. The minimum Gasteiger partial charge on any atom is -0.395 e. The van der Waals surface area contributed by atoms with Gasteiger partial charge in [-0.2, -0.15) is 0 Å². The molecular weight excluding hydrogens is 214 g/mol. The number of aliphatic hydroxyl groups is 1. The number of fused-ring (bicyclic) bond motifs is 1. The van der Waals surface area contributed by atoms with E-state index in [4.69, 9.17) is 5.11 Å². The van der Waals surface area contributed by atoms with Gasteiger partial charge in [0.05, 0.1) is 17.6 Å². The van der Waals surface area contributed by atoms with E-state index in [0.29, 0.717) is 6.54 Å². The normalized spacial score (nSPS) is 11.0. The van der Waals surface area contributed by atoms with E-state index in [2.05, 4.69) is 21.4 Å². The molecule has 0 aliphatic carbocycles. The highest BCUT2D eigenvalue weighted by molar-refractivity contribution is 5.78. The molecule has 0 aliphatic rings. The number of imidazole rings is 1. The van der Waals surface area contributed by atoms with Crippen LogP contribution in [-0.4, -0.2) is 34.9 Å². The van der Waals surface area contributed by atoms with Gasteiger partial charge in [0.1, 0.15) is 0 Å². The van der Waals surface area contributed by atoms with Crippen molar-refractivity contribution >= 4 is 17.0 Å². The van der Waals surface area contributed by atoms with Crippen LogP contribution in [0.15, 0.2) is 24.3 Å². The highest BCUT2D eigenvalue weighted by Crippen LogP contribution is 2.21. The van der Waals surface area contributed by atoms with Gasteiger partial charge in [-0.25, -0.2) is 4.98 Å². The Morgan fingerprint density at radius 1 is 1.35 bits per heavy atom. The molecule has 0 fully saturated rings. The molecule has 0 atom stereocenters. The smallest absolute Gasteiger partial charge is 0.206 e. The fraction of sp³-hybridized carbons (Fsp3) is 0.462. The van der Waals surface area contributed by atoms with Gasteiger partial charge in [0.25, 0.3) is 0 Å². The predicted molar refractivity (Wildman–Crippen MR) is 70.4 cm³/mol. The predicted octanol–water partition coefficient (Wildman–Crippen LogP) is 1.87. The highest BCUT2D eigenvalue weighted by Gasteiger charge is 2.12. The Hall–Kier alpha value is -1.55. The number of aromatic nitrogens is 2. The Bertz CT molecular complexity index is 492. The maximum absolute atomic E-state index is 9.17. The van der Waals surface area contributed by atoms with Gasteiger partial charge in [0, 0.05) is 20.1 Å². The summed E-state index contributed by atoms with van der Waals surface area (Å²) in [5.74, 6) is 0.933. The van der Waals surface area contributed by atoms with Gasteiger partial charge in [-0.05, 0) is 18.6 Å². The third-order valence-electron chi connectivity index (χ3n) is 2.86. The van der Waals surface area contributed by atoms with Crippen molar-refractivity contribution in [1.82, 2.24) is 9.55 Å². The molecule has 2 rings (SSSR count). The molecule has 0 bridgehead atoms. The molecule has 1 aromatic heterocycles. The Morgan fingerprint density at radius 2 is 2.12 bits per heavy atom. The van der Waals surface area contributed by atoms with Crippen molar-refractivity contribution in [2.45, 2.75) is 19.9 Å².